The summed E-state index contributed by atoms with van der Waals surface area (Å²) in [6.45, 7) is 5.29. The summed E-state index contributed by atoms with van der Waals surface area (Å²) in [6.07, 6.45) is -4.05. The second kappa shape index (κ2) is 8.02. The molecule has 0 aromatic heterocycles. The summed E-state index contributed by atoms with van der Waals surface area (Å²) in [5.74, 6) is -0.0651. The quantitative estimate of drug-likeness (QED) is 0.697. The van der Waals surface area contributed by atoms with E-state index in [4.69, 9.17) is 10.00 Å². The zero-order chi connectivity index (χ0) is 22.3. The number of sulfonamides is 1. The predicted molar refractivity (Wildman–Crippen MR) is 106 cm³/mol. The molecule has 0 radical (unpaired) electrons. The number of fused-ring (bicyclic) bond motifs is 1. The molecular formula is C20H26F3N3O3S. The number of anilines is 1. The van der Waals surface area contributed by atoms with Crippen molar-refractivity contribution in [2.75, 3.05) is 44.8 Å². The molecule has 10 heteroatoms. The number of benzene rings is 1. The molecule has 6 nitrogen and oxygen atoms in total. The van der Waals surface area contributed by atoms with Gasteiger partial charge in [0.05, 0.1) is 29.1 Å². The molecule has 0 bridgehead atoms. The molecule has 166 valence electrons. The standard InChI is InChI=1S/C20H26F3N3O3S/c1-14(2)30(27,28)26-7-6-19(13-29-3)12-25(10-16(19)11-26)17-5-4-15(9-24)18(8-17)20(21,22)23/h4-5,8,14,16H,6-7,10-13H2,1-3H3/t16-,19-/m0/s1. The maximum Gasteiger partial charge on any atom is 0.417 e. The first-order valence-electron chi connectivity index (χ1n) is 9.79. The fourth-order valence-corrected chi connectivity index (χ4v) is 5.89. The van der Waals surface area contributed by atoms with Crippen molar-refractivity contribution < 1.29 is 26.3 Å². The Labute approximate surface area is 175 Å². The molecule has 2 fully saturated rings. The highest BCUT2D eigenvalue weighted by Gasteiger charge is 2.51. The highest BCUT2D eigenvalue weighted by molar-refractivity contribution is 7.89. The number of piperidine rings is 1. The number of nitriles is 1. The molecule has 2 atom stereocenters. The number of hydrogen-bond acceptors (Lipinski definition) is 5. The van der Waals surface area contributed by atoms with Gasteiger partial charge in [-0.05, 0) is 44.4 Å². The van der Waals surface area contributed by atoms with E-state index in [1.807, 2.05) is 4.90 Å². The Kier molecular flexibility index (Phi) is 6.11. The zero-order valence-corrected chi connectivity index (χ0v) is 18.1. The molecule has 0 N–H and O–H groups in total. The molecule has 1 aromatic carbocycles. The molecular weight excluding hydrogens is 419 g/mol. The molecule has 0 spiro atoms. The highest BCUT2D eigenvalue weighted by Crippen LogP contribution is 2.46. The molecule has 0 saturated carbocycles. The largest absolute Gasteiger partial charge is 0.417 e. The third kappa shape index (κ3) is 4.03. The van der Waals surface area contributed by atoms with Crippen molar-refractivity contribution in [2.45, 2.75) is 31.7 Å². The fourth-order valence-electron chi connectivity index (χ4n) is 4.56. The summed E-state index contributed by atoms with van der Waals surface area (Å²) in [4.78, 5) is 1.85. The minimum absolute atomic E-state index is 0.0651. The van der Waals surface area contributed by atoms with Gasteiger partial charge in [-0.25, -0.2) is 12.7 Å². The maximum atomic E-state index is 13.4. The average molecular weight is 446 g/mol. The van der Waals surface area contributed by atoms with Crippen LogP contribution < -0.4 is 4.90 Å². The van der Waals surface area contributed by atoms with Crippen molar-refractivity contribution in [2.24, 2.45) is 11.3 Å². The van der Waals surface area contributed by atoms with Crippen LogP contribution in [-0.2, 0) is 20.9 Å². The SMILES string of the molecule is COC[C@@]12CCN(S(=O)(=O)C(C)C)C[C@@H]1CN(c1ccc(C#N)c(C(F)(F)F)c1)C2. The van der Waals surface area contributed by atoms with Gasteiger partial charge in [0, 0.05) is 44.4 Å². The molecule has 2 aliphatic heterocycles. The lowest BCUT2D eigenvalue weighted by molar-refractivity contribution is -0.137. The lowest BCUT2D eigenvalue weighted by Gasteiger charge is -2.42. The molecule has 0 amide bonds. The minimum atomic E-state index is -4.63. The lowest BCUT2D eigenvalue weighted by Crippen LogP contribution is -2.52. The molecule has 3 rings (SSSR count). The molecule has 30 heavy (non-hydrogen) atoms. The number of nitrogens with zero attached hydrogens (tertiary/aromatic N) is 3. The van der Waals surface area contributed by atoms with Crippen LogP contribution in [0.2, 0.25) is 0 Å². The van der Waals surface area contributed by atoms with Gasteiger partial charge in [-0.2, -0.15) is 18.4 Å². The first-order valence-corrected chi connectivity index (χ1v) is 11.3. The fraction of sp³-hybridized carbons (Fsp3) is 0.650. The molecule has 2 heterocycles. The zero-order valence-electron chi connectivity index (χ0n) is 17.2. The second-order valence-corrected chi connectivity index (χ2v) is 10.9. The molecule has 2 aliphatic rings. The van der Waals surface area contributed by atoms with E-state index < -0.39 is 32.6 Å². The number of halogens is 3. The van der Waals surface area contributed by atoms with E-state index >= 15 is 0 Å². The highest BCUT2D eigenvalue weighted by atomic mass is 32.2. The van der Waals surface area contributed by atoms with Crippen molar-refractivity contribution in [3.05, 3.63) is 29.3 Å². The van der Waals surface area contributed by atoms with Gasteiger partial charge in [0.1, 0.15) is 0 Å². The predicted octanol–water partition coefficient (Wildman–Crippen LogP) is 3.09. The number of methoxy groups -OCH3 is 1. The first kappa shape index (κ1) is 22.8. The minimum Gasteiger partial charge on any atom is -0.384 e. The van der Waals surface area contributed by atoms with E-state index in [1.54, 1.807) is 27.0 Å². The average Bonchev–Trinajstić information content (AvgIpc) is 3.05. The van der Waals surface area contributed by atoms with Gasteiger partial charge >= 0.3 is 6.18 Å². The Morgan fingerprint density at radius 3 is 2.60 bits per heavy atom. The van der Waals surface area contributed by atoms with E-state index in [-0.39, 0.29) is 11.3 Å². The van der Waals surface area contributed by atoms with Gasteiger partial charge in [-0.15, -0.1) is 0 Å². The molecule has 0 unspecified atom stereocenters. The summed E-state index contributed by atoms with van der Waals surface area (Å²) in [7, 11) is -1.83. The Morgan fingerprint density at radius 1 is 1.33 bits per heavy atom. The van der Waals surface area contributed by atoms with Crippen LogP contribution in [0, 0.1) is 22.7 Å². The molecule has 1 aromatic rings. The van der Waals surface area contributed by atoms with E-state index in [0.29, 0.717) is 44.9 Å². The number of ether oxygens (including phenoxy) is 1. The van der Waals surface area contributed by atoms with Crippen molar-refractivity contribution in [3.63, 3.8) is 0 Å². The monoisotopic (exact) mass is 445 g/mol. The van der Waals surface area contributed by atoms with Gasteiger partial charge in [0.25, 0.3) is 0 Å². The van der Waals surface area contributed by atoms with E-state index in [0.717, 1.165) is 6.07 Å². The van der Waals surface area contributed by atoms with E-state index in [9.17, 15) is 21.6 Å². The number of alkyl halides is 3. The van der Waals surface area contributed by atoms with Crippen molar-refractivity contribution in [3.8, 4) is 6.07 Å². The van der Waals surface area contributed by atoms with Crippen LogP contribution in [-0.4, -0.2) is 57.9 Å². The normalized spacial score (nSPS) is 25.4. The summed E-state index contributed by atoms with van der Waals surface area (Å²) < 4.78 is 72.4. The van der Waals surface area contributed by atoms with Crippen molar-refractivity contribution in [1.29, 1.82) is 5.26 Å². The van der Waals surface area contributed by atoms with Crippen molar-refractivity contribution >= 4 is 15.7 Å². The second-order valence-electron chi connectivity index (χ2n) is 8.41. The summed E-state index contributed by atoms with van der Waals surface area (Å²) in [5.41, 5.74) is -1.32. The smallest absolute Gasteiger partial charge is 0.384 e. The number of rotatable bonds is 5. The molecule has 2 saturated heterocycles. The Hall–Kier alpha value is -1.83. The van der Waals surface area contributed by atoms with E-state index in [1.165, 1.54) is 16.4 Å². The van der Waals surface area contributed by atoms with Gasteiger partial charge in [-0.3, -0.25) is 0 Å². The van der Waals surface area contributed by atoms with Gasteiger partial charge in [-0.1, -0.05) is 0 Å². The van der Waals surface area contributed by atoms with Crippen LogP contribution in [0.1, 0.15) is 31.4 Å². The first-order chi connectivity index (χ1) is 13.9. The lowest BCUT2D eigenvalue weighted by atomic mass is 9.74. The summed E-state index contributed by atoms with van der Waals surface area (Å²) in [5, 5.41) is 8.50. The van der Waals surface area contributed by atoms with Crippen LogP contribution in [0.25, 0.3) is 0 Å². The van der Waals surface area contributed by atoms with Crippen LogP contribution >= 0.6 is 0 Å². The number of hydrogen-bond donors (Lipinski definition) is 0. The van der Waals surface area contributed by atoms with Gasteiger partial charge in [0.15, 0.2) is 0 Å². The third-order valence-electron chi connectivity index (χ3n) is 6.28. The maximum absolute atomic E-state index is 13.4. The van der Waals surface area contributed by atoms with Crippen LogP contribution in [0.3, 0.4) is 0 Å². The van der Waals surface area contributed by atoms with Gasteiger partial charge in [0.2, 0.25) is 10.0 Å². The van der Waals surface area contributed by atoms with Gasteiger partial charge < -0.3 is 9.64 Å². The summed E-state index contributed by atoms with van der Waals surface area (Å²) >= 11 is 0. The van der Waals surface area contributed by atoms with Crippen LogP contribution in [0.5, 0.6) is 0 Å². The Balaban J connectivity index is 1.92. The molecule has 0 aliphatic carbocycles. The van der Waals surface area contributed by atoms with E-state index in [2.05, 4.69) is 0 Å². The van der Waals surface area contributed by atoms with Crippen molar-refractivity contribution in [1.82, 2.24) is 4.31 Å². The Bertz CT molecular complexity index is 943. The summed E-state index contributed by atoms with van der Waals surface area (Å²) in [6, 6.07) is 5.33. The van der Waals surface area contributed by atoms with Crippen LogP contribution in [0.4, 0.5) is 18.9 Å². The van der Waals surface area contributed by atoms with Crippen LogP contribution in [0.15, 0.2) is 18.2 Å². The Morgan fingerprint density at radius 2 is 2.03 bits per heavy atom. The topological polar surface area (TPSA) is 73.6 Å². The third-order valence-corrected chi connectivity index (χ3v) is 8.52.